The van der Waals surface area contributed by atoms with Gasteiger partial charge in [-0.1, -0.05) is 13.8 Å². The van der Waals surface area contributed by atoms with E-state index in [-0.39, 0.29) is 0 Å². The highest BCUT2D eigenvalue weighted by molar-refractivity contribution is 4.68. The lowest BCUT2D eigenvalue weighted by molar-refractivity contribution is 0.0655. The maximum atomic E-state index is 5.52. The first-order valence-electron chi connectivity index (χ1n) is 6.11. The van der Waals surface area contributed by atoms with Gasteiger partial charge < -0.3 is 10.1 Å². The van der Waals surface area contributed by atoms with Gasteiger partial charge in [-0.15, -0.1) is 0 Å². The van der Waals surface area contributed by atoms with Crippen LogP contribution in [0.4, 0.5) is 0 Å². The predicted octanol–water partition coefficient (Wildman–Crippen LogP) is 2.83. The SMILES string of the molecule is CC.CC(C)OCCC1CCNCC1. The summed E-state index contributed by atoms with van der Waals surface area (Å²) in [5.41, 5.74) is 0. The molecule has 0 saturated carbocycles. The maximum Gasteiger partial charge on any atom is 0.0518 e. The summed E-state index contributed by atoms with van der Waals surface area (Å²) in [5, 5.41) is 3.37. The molecule has 2 heteroatoms. The average molecular weight is 201 g/mol. The molecule has 0 bridgehead atoms. The van der Waals surface area contributed by atoms with Crippen LogP contribution in [0.25, 0.3) is 0 Å². The first-order chi connectivity index (χ1) is 6.79. The first-order valence-corrected chi connectivity index (χ1v) is 6.11. The molecule has 1 heterocycles. The molecule has 0 aliphatic carbocycles. The number of ether oxygens (including phenoxy) is 1. The summed E-state index contributed by atoms with van der Waals surface area (Å²) in [7, 11) is 0. The number of hydrogen-bond donors (Lipinski definition) is 1. The minimum Gasteiger partial charge on any atom is -0.379 e. The average Bonchev–Trinajstić information content (AvgIpc) is 2.22. The van der Waals surface area contributed by atoms with E-state index in [1.807, 2.05) is 13.8 Å². The molecular weight excluding hydrogens is 174 g/mol. The third-order valence-corrected chi connectivity index (χ3v) is 2.44. The molecule has 0 aromatic carbocycles. The van der Waals surface area contributed by atoms with Gasteiger partial charge in [0.1, 0.15) is 0 Å². The van der Waals surface area contributed by atoms with E-state index in [9.17, 15) is 0 Å². The Morgan fingerprint density at radius 1 is 1.21 bits per heavy atom. The van der Waals surface area contributed by atoms with Gasteiger partial charge in [-0.2, -0.15) is 0 Å². The molecule has 0 aromatic rings. The maximum absolute atomic E-state index is 5.52. The third-order valence-electron chi connectivity index (χ3n) is 2.44. The van der Waals surface area contributed by atoms with Gasteiger partial charge in [0.15, 0.2) is 0 Å². The van der Waals surface area contributed by atoms with Crippen molar-refractivity contribution < 1.29 is 4.74 Å². The number of nitrogens with one attached hydrogen (secondary N) is 1. The van der Waals surface area contributed by atoms with Crippen LogP contribution in [0.15, 0.2) is 0 Å². The largest absolute Gasteiger partial charge is 0.379 e. The van der Waals surface area contributed by atoms with Gasteiger partial charge in [0.2, 0.25) is 0 Å². The summed E-state index contributed by atoms with van der Waals surface area (Å²) < 4.78 is 5.52. The molecule has 0 radical (unpaired) electrons. The van der Waals surface area contributed by atoms with Gasteiger partial charge in [0.25, 0.3) is 0 Å². The predicted molar refractivity (Wildman–Crippen MR) is 62.6 cm³/mol. The van der Waals surface area contributed by atoms with Crippen LogP contribution in [0.1, 0.15) is 47.0 Å². The normalized spacial score (nSPS) is 17.8. The zero-order valence-electron chi connectivity index (χ0n) is 10.3. The lowest BCUT2D eigenvalue weighted by atomic mass is 9.95. The Kier molecular flexibility index (Phi) is 9.42. The summed E-state index contributed by atoms with van der Waals surface area (Å²) in [4.78, 5) is 0. The second-order valence-electron chi connectivity index (χ2n) is 3.90. The molecule has 86 valence electrons. The fourth-order valence-electron chi connectivity index (χ4n) is 1.64. The van der Waals surface area contributed by atoms with Crippen LogP contribution in [-0.2, 0) is 4.74 Å². The van der Waals surface area contributed by atoms with Crippen molar-refractivity contribution in [2.24, 2.45) is 5.92 Å². The molecule has 14 heavy (non-hydrogen) atoms. The standard InChI is InChI=1S/C10H21NO.C2H6/c1-9(2)12-8-5-10-3-6-11-7-4-10;1-2/h9-11H,3-8H2,1-2H3;1-2H3. The van der Waals surface area contributed by atoms with Crippen LogP contribution in [0, 0.1) is 5.92 Å². The summed E-state index contributed by atoms with van der Waals surface area (Å²) in [5.74, 6) is 0.907. The number of piperidine rings is 1. The van der Waals surface area contributed by atoms with Crippen molar-refractivity contribution in [2.45, 2.75) is 53.1 Å². The van der Waals surface area contributed by atoms with E-state index in [4.69, 9.17) is 4.74 Å². The van der Waals surface area contributed by atoms with Crippen molar-refractivity contribution in [1.82, 2.24) is 5.32 Å². The van der Waals surface area contributed by atoms with Crippen LogP contribution in [0.2, 0.25) is 0 Å². The number of hydrogen-bond acceptors (Lipinski definition) is 2. The van der Waals surface area contributed by atoms with Gasteiger partial charge in [-0.05, 0) is 52.1 Å². The molecule has 0 unspecified atom stereocenters. The fourth-order valence-corrected chi connectivity index (χ4v) is 1.64. The molecule has 0 amide bonds. The third kappa shape index (κ3) is 7.34. The number of rotatable bonds is 4. The van der Waals surface area contributed by atoms with Crippen LogP contribution >= 0.6 is 0 Å². The Hall–Kier alpha value is -0.0800. The van der Waals surface area contributed by atoms with Crippen LogP contribution in [0.3, 0.4) is 0 Å². The monoisotopic (exact) mass is 201 g/mol. The van der Waals surface area contributed by atoms with Gasteiger partial charge >= 0.3 is 0 Å². The van der Waals surface area contributed by atoms with Gasteiger partial charge in [0, 0.05) is 6.61 Å². The molecule has 1 fully saturated rings. The van der Waals surface area contributed by atoms with E-state index in [0.717, 1.165) is 12.5 Å². The molecule has 1 rings (SSSR count). The van der Waals surface area contributed by atoms with E-state index in [2.05, 4.69) is 19.2 Å². The molecule has 0 aromatic heterocycles. The quantitative estimate of drug-likeness (QED) is 0.755. The summed E-state index contributed by atoms with van der Waals surface area (Å²) in [6, 6.07) is 0. The Labute approximate surface area is 89.4 Å². The van der Waals surface area contributed by atoms with E-state index in [1.54, 1.807) is 0 Å². The van der Waals surface area contributed by atoms with Crippen molar-refractivity contribution in [3.05, 3.63) is 0 Å². The second-order valence-corrected chi connectivity index (χ2v) is 3.90. The Balaban J connectivity index is 0.000000791. The van der Waals surface area contributed by atoms with Crippen molar-refractivity contribution in [1.29, 1.82) is 0 Å². The van der Waals surface area contributed by atoms with Gasteiger partial charge in [-0.3, -0.25) is 0 Å². The van der Waals surface area contributed by atoms with E-state index in [0.29, 0.717) is 6.10 Å². The molecule has 1 aliphatic rings. The lowest BCUT2D eigenvalue weighted by Crippen LogP contribution is -2.28. The highest BCUT2D eigenvalue weighted by Gasteiger charge is 2.12. The topological polar surface area (TPSA) is 21.3 Å². The molecule has 0 atom stereocenters. The van der Waals surface area contributed by atoms with E-state index in [1.165, 1.54) is 32.4 Å². The fraction of sp³-hybridized carbons (Fsp3) is 1.00. The second kappa shape index (κ2) is 9.47. The van der Waals surface area contributed by atoms with Crippen molar-refractivity contribution in [3.8, 4) is 0 Å². The van der Waals surface area contributed by atoms with Gasteiger partial charge in [0.05, 0.1) is 6.10 Å². The molecule has 1 N–H and O–H groups in total. The van der Waals surface area contributed by atoms with Crippen LogP contribution in [-0.4, -0.2) is 25.8 Å². The first kappa shape index (κ1) is 13.9. The molecular formula is C12H27NO. The Bertz CT molecular complexity index is 109. The molecule has 0 spiro atoms. The van der Waals surface area contributed by atoms with Crippen molar-refractivity contribution >= 4 is 0 Å². The minimum absolute atomic E-state index is 0.395. The van der Waals surface area contributed by atoms with Crippen molar-refractivity contribution in [2.75, 3.05) is 19.7 Å². The van der Waals surface area contributed by atoms with Gasteiger partial charge in [-0.25, -0.2) is 0 Å². The van der Waals surface area contributed by atoms with E-state index >= 15 is 0 Å². The van der Waals surface area contributed by atoms with Crippen LogP contribution < -0.4 is 5.32 Å². The summed E-state index contributed by atoms with van der Waals surface area (Å²) >= 11 is 0. The zero-order valence-corrected chi connectivity index (χ0v) is 10.3. The van der Waals surface area contributed by atoms with Crippen molar-refractivity contribution in [3.63, 3.8) is 0 Å². The summed E-state index contributed by atoms with van der Waals surface area (Å²) in [6.07, 6.45) is 4.31. The molecule has 1 aliphatic heterocycles. The minimum atomic E-state index is 0.395. The smallest absolute Gasteiger partial charge is 0.0518 e. The Morgan fingerprint density at radius 3 is 2.29 bits per heavy atom. The van der Waals surface area contributed by atoms with Crippen LogP contribution in [0.5, 0.6) is 0 Å². The highest BCUT2D eigenvalue weighted by atomic mass is 16.5. The van der Waals surface area contributed by atoms with E-state index < -0.39 is 0 Å². The lowest BCUT2D eigenvalue weighted by Gasteiger charge is -2.22. The summed E-state index contributed by atoms with van der Waals surface area (Å²) in [6.45, 7) is 11.5. The zero-order chi connectivity index (χ0) is 10.8. The molecule has 2 nitrogen and oxygen atoms in total. The molecule has 1 saturated heterocycles. The highest BCUT2D eigenvalue weighted by Crippen LogP contribution is 2.15. The Morgan fingerprint density at radius 2 is 1.79 bits per heavy atom.